The molecule has 0 aliphatic rings. The van der Waals surface area contributed by atoms with Crippen molar-refractivity contribution in [2.75, 3.05) is 6.54 Å². The van der Waals surface area contributed by atoms with Gasteiger partial charge in [0, 0.05) is 19.4 Å². The highest BCUT2D eigenvalue weighted by atomic mass is 16.4. The van der Waals surface area contributed by atoms with E-state index in [-0.39, 0.29) is 0 Å². The minimum atomic E-state index is 0.582. The molecule has 0 aliphatic heterocycles. The number of aromatic nitrogens is 1. The summed E-state index contributed by atoms with van der Waals surface area (Å²) in [5.74, 6) is 1.68. The van der Waals surface area contributed by atoms with Gasteiger partial charge in [0.25, 0.3) is 0 Å². The van der Waals surface area contributed by atoms with Gasteiger partial charge in [-0.15, -0.1) is 0 Å². The molecule has 2 aromatic rings. The summed E-state index contributed by atoms with van der Waals surface area (Å²) in [6.45, 7) is 0.582. The van der Waals surface area contributed by atoms with Crippen molar-refractivity contribution < 1.29 is 4.42 Å². The molecule has 0 aliphatic carbocycles. The lowest BCUT2D eigenvalue weighted by Crippen LogP contribution is -2.02. The topological polar surface area (TPSA) is 52.0 Å². The molecule has 3 heteroatoms. The van der Waals surface area contributed by atoms with Crippen molar-refractivity contribution in [1.82, 2.24) is 4.98 Å². The summed E-state index contributed by atoms with van der Waals surface area (Å²) in [5.41, 5.74) is 6.75. The maximum atomic E-state index is 5.55. The highest BCUT2D eigenvalue weighted by molar-refractivity contribution is 5.15. The monoisotopic (exact) mass is 216 g/mol. The first-order valence-electron chi connectivity index (χ1n) is 5.56. The van der Waals surface area contributed by atoms with E-state index in [1.54, 1.807) is 6.20 Å². The minimum Gasteiger partial charge on any atom is -0.446 e. The highest BCUT2D eigenvalue weighted by Gasteiger charge is 2.03. The van der Waals surface area contributed by atoms with Gasteiger partial charge in [-0.25, -0.2) is 4.98 Å². The van der Waals surface area contributed by atoms with Crippen LogP contribution in [0, 0.1) is 0 Å². The number of nitrogens with zero attached hydrogens (tertiary/aromatic N) is 1. The average Bonchev–Trinajstić information content (AvgIpc) is 2.76. The number of hydrogen-bond acceptors (Lipinski definition) is 3. The summed E-state index contributed by atoms with van der Waals surface area (Å²) in [7, 11) is 0. The Morgan fingerprint density at radius 1 is 1.06 bits per heavy atom. The molecule has 84 valence electrons. The molecule has 0 spiro atoms. The molecule has 1 heterocycles. The average molecular weight is 216 g/mol. The molecule has 0 saturated heterocycles. The van der Waals surface area contributed by atoms with Gasteiger partial charge >= 0.3 is 0 Å². The number of rotatable bonds is 5. The van der Waals surface area contributed by atoms with Crippen LogP contribution in [0.2, 0.25) is 0 Å². The summed E-state index contributed by atoms with van der Waals surface area (Å²) in [4.78, 5) is 4.17. The van der Waals surface area contributed by atoms with Gasteiger partial charge in [-0.3, -0.25) is 0 Å². The van der Waals surface area contributed by atoms with E-state index in [0.717, 1.165) is 24.5 Å². The fourth-order valence-electron chi connectivity index (χ4n) is 1.61. The van der Waals surface area contributed by atoms with Crippen LogP contribution in [0.25, 0.3) is 0 Å². The third kappa shape index (κ3) is 2.94. The molecule has 0 amide bonds. The van der Waals surface area contributed by atoms with Crippen molar-refractivity contribution in [1.29, 1.82) is 0 Å². The van der Waals surface area contributed by atoms with Crippen LogP contribution in [0.1, 0.15) is 17.2 Å². The SMILES string of the molecule is NCCc1ncc(CCc2ccccc2)o1. The van der Waals surface area contributed by atoms with Crippen LogP contribution in [-0.2, 0) is 19.3 Å². The molecule has 0 radical (unpaired) electrons. The summed E-state index contributed by atoms with van der Waals surface area (Å²) in [6, 6.07) is 10.4. The van der Waals surface area contributed by atoms with E-state index in [1.165, 1.54) is 5.56 Å². The van der Waals surface area contributed by atoms with E-state index in [9.17, 15) is 0 Å². The normalized spacial score (nSPS) is 10.6. The Bertz CT molecular complexity index is 423. The van der Waals surface area contributed by atoms with Crippen molar-refractivity contribution in [2.24, 2.45) is 5.73 Å². The number of benzene rings is 1. The second kappa shape index (κ2) is 5.47. The van der Waals surface area contributed by atoms with E-state index < -0.39 is 0 Å². The first-order chi connectivity index (χ1) is 7.88. The van der Waals surface area contributed by atoms with Gasteiger partial charge < -0.3 is 10.2 Å². The molecule has 0 atom stereocenters. The third-order valence-corrected chi connectivity index (χ3v) is 2.46. The quantitative estimate of drug-likeness (QED) is 0.831. The molecule has 16 heavy (non-hydrogen) atoms. The molecule has 0 saturated carbocycles. The van der Waals surface area contributed by atoms with E-state index >= 15 is 0 Å². The van der Waals surface area contributed by atoms with Crippen molar-refractivity contribution >= 4 is 0 Å². The number of aryl methyl sites for hydroxylation is 2. The molecule has 0 unspecified atom stereocenters. The predicted molar refractivity (Wildman–Crippen MR) is 63.1 cm³/mol. The van der Waals surface area contributed by atoms with Gasteiger partial charge in [0.05, 0.1) is 6.20 Å². The summed E-state index contributed by atoms with van der Waals surface area (Å²) in [6.07, 6.45) is 4.39. The lowest BCUT2D eigenvalue weighted by Gasteiger charge is -1.97. The third-order valence-electron chi connectivity index (χ3n) is 2.46. The lowest BCUT2D eigenvalue weighted by molar-refractivity contribution is 0.455. The fourth-order valence-corrected chi connectivity index (χ4v) is 1.61. The van der Waals surface area contributed by atoms with Crippen molar-refractivity contribution in [3.8, 4) is 0 Å². The van der Waals surface area contributed by atoms with Gasteiger partial charge in [-0.2, -0.15) is 0 Å². The summed E-state index contributed by atoms with van der Waals surface area (Å²) in [5, 5.41) is 0. The lowest BCUT2D eigenvalue weighted by atomic mass is 10.1. The van der Waals surface area contributed by atoms with Crippen LogP contribution in [0.3, 0.4) is 0 Å². The molecule has 0 fully saturated rings. The molecule has 0 bridgehead atoms. The van der Waals surface area contributed by atoms with Gasteiger partial charge in [0.2, 0.25) is 0 Å². The maximum Gasteiger partial charge on any atom is 0.195 e. The Kier molecular flexibility index (Phi) is 3.72. The van der Waals surface area contributed by atoms with Crippen LogP contribution in [0.4, 0.5) is 0 Å². The largest absolute Gasteiger partial charge is 0.446 e. The van der Waals surface area contributed by atoms with E-state index in [1.807, 2.05) is 6.07 Å². The first-order valence-corrected chi connectivity index (χ1v) is 5.56. The van der Waals surface area contributed by atoms with Crippen molar-refractivity contribution in [3.63, 3.8) is 0 Å². The smallest absolute Gasteiger partial charge is 0.195 e. The van der Waals surface area contributed by atoms with E-state index in [4.69, 9.17) is 10.2 Å². The zero-order valence-corrected chi connectivity index (χ0v) is 9.23. The molecule has 1 aromatic carbocycles. The van der Waals surface area contributed by atoms with Crippen LogP contribution in [0.5, 0.6) is 0 Å². The van der Waals surface area contributed by atoms with Crippen LogP contribution < -0.4 is 5.73 Å². The zero-order valence-electron chi connectivity index (χ0n) is 9.23. The summed E-state index contributed by atoms with van der Waals surface area (Å²) < 4.78 is 5.55. The van der Waals surface area contributed by atoms with Gasteiger partial charge in [0.1, 0.15) is 5.76 Å². The number of nitrogens with two attached hydrogens (primary N) is 1. The second-order valence-electron chi connectivity index (χ2n) is 3.74. The predicted octanol–water partition coefficient (Wildman–Crippen LogP) is 1.96. The Hall–Kier alpha value is -1.61. The molecular weight excluding hydrogens is 200 g/mol. The van der Waals surface area contributed by atoms with Crippen molar-refractivity contribution in [3.05, 3.63) is 53.7 Å². The maximum absolute atomic E-state index is 5.55. The Morgan fingerprint density at radius 2 is 1.88 bits per heavy atom. The molecule has 2 rings (SSSR count). The van der Waals surface area contributed by atoms with Gasteiger partial charge in [-0.05, 0) is 12.0 Å². The van der Waals surface area contributed by atoms with Crippen LogP contribution in [0.15, 0.2) is 40.9 Å². The molecule has 2 N–H and O–H groups in total. The Balaban J connectivity index is 1.89. The van der Waals surface area contributed by atoms with Crippen LogP contribution >= 0.6 is 0 Å². The van der Waals surface area contributed by atoms with E-state index in [0.29, 0.717) is 13.0 Å². The zero-order chi connectivity index (χ0) is 11.2. The Morgan fingerprint density at radius 3 is 2.62 bits per heavy atom. The fraction of sp³-hybridized carbons (Fsp3) is 0.308. The van der Waals surface area contributed by atoms with Crippen LogP contribution in [-0.4, -0.2) is 11.5 Å². The standard InChI is InChI=1S/C13H16N2O/c14-9-8-13-15-10-12(16-13)7-6-11-4-2-1-3-5-11/h1-5,10H,6-9,14H2. The van der Waals surface area contributed by atoms with E-state index in [2.05, 4.69) is 29.2 Å². The molecule has 3 nitrogen and oxygen atoms in total. The molecular formula is C13H16N2O. The number of oxazole rings is 1. The minimum absolute atomic E-state index is 0.582. The van der Waals surface area contributed by atoms with Gasteiger partial charge in [-0.1, -0.05) is 30.3 Å². The molecule has 1 aromatic heterocycles. The number of hydrogen-bond donors (Lipinski definition) is 1. The van der Waals surface area contributed by atoms with Crippen molar-refractivity contribution in [2.45, 2.75) is 19.3 Å². The Labute approximate surface area is 95.3 Å². The highest BCUT2D eigenvalue weighted by Crippen LogP contribution is 2.09. The van der Waals surface area contributed by atoms with Gasteiger partial charge in [0.15, 0.2) is 5.89 Å². The summed E-state index contributed by atoms with van der Waals surface area (Å²) >= 11 is 0. The second-order valence-corrected chi connectivity index (χ2v) is 3.74. The first kappa shape index (κ1) is 10.9.